The summed E-state index contributed by atoms with van der Waals surface area (Å²) in [5.41, 5.74) is 3.73. The Bertz CT molecular complexity index is 1370. The highest BCUT2D eigenvalue weighted by atomic mass is 35.5. The Balaban J connectivity index is 1.43. The highest BCUT2D eigenvalue weighted by molar-refractivity contribution is 6.30. The molecule has 0 saturated heterocycles. The monoisotopic (exact) mass is 442 g/mol. The Kier molecular flexibility index (Phi) is 5.39. The first kappa shape index (κ1) is 20.0. The molecular weight excluding hydrogens is 424 g/mol. The predicted molar refractivity (Wildman–Crippen MR) is 122 cm³/mol. The molecular formula is C24H19ClN6O. The van der Waals surface area contributed by atoms with E-state index in [1.165, 1.54) is 0 Å². The number of nitrogens with one attached hydrogen (secondary N) is 1. The Labute approximate surface area is 189 Å². The summed E-state index contributed by atoms with van der Waals surface area (Å²) in [7, 11) is 0. The number of pyridine rings is 1. The van der Waals surface area contributed by atoms with Gasteiger partial charge < -0.3 is 5.32 Å². The summed E-state index contributed by atoms with van der Waals surface area (Å²) < 4.78 is 3.62. The summed E-state index contributed by atoms with van der Waals surface area (Å²) >= 11 is 6.05. The molecule has 32 heavy (non-hydrogen) atoms. The molecule has 0 unspecified atom stereocenters. The first-order valence-electron chi connectivity index (χ1n) is 10.1. The number of carbonyl (C=O) groups excluding carboxylic acids is 1. The van der Waals surface area contributed by atoms with E-state index in [9.17, 15) is 4.79 Å². The van der Waals surface area contributed by atoms with Gasteiger partial charge in [-0.25, -0.2) is 0 Å². The van der Waals surface area contributed by atoms with Crippen LogP contribution in [0.2, 0.25) is 5.02 Å². The van der Waals surface area contributed by atoms with Gasteiger partial charge >= 0.3 is 0 Å². The van der Waals surface area contributed by atoms with Gasteiger partial charge in [0.25, 0.3) is 5.91 Å². The van der Waals surface area contributed by atoms with E-state index < -0.39 is 0 Å². The standard InChI is InChI=1S/C24H19ClN6O/c25-19-11-9-18(10-12-19)23-20(16-30(29-23)15-17-6-2-1-3-7-17)24(32)26-14-22-28-27-21-8-4-5-13-31(21)22/h1-13,16H,14-15H2,(H,26,32). The Morgan fingerprint density at radius 2 is 1.72 bits per heavy atom. The average molecular weight is 443 g/mol. The number of benzene rings is 2. The van der Waals surface area contributed by atoms with Crippen molar-refractivity contribution in [1.82, 2.24) is 29.7 Å². The van der Waals surface area contributed by atoms with Crippen LogP contribution in [0.3, 0.4) is 0 Å². The second-order valence-corrected chi connectivity index (χ2v) is 7.75. The third-order valence-corrected chi connectivity index (χ3v) is 5.35. The zero-order chi connectivity index (χ0) is 21.9. The second kappa shape index (κ2) is 8.64. The van der Waals surface area contributed by atoms with Crippen LogP contribution in [0.5, 0.6) is 0 Å². The molecule has 158 valence electrons. The van der Waals surface area contributed by atoms with Crippen molar-refractivity contribution in [3.63, 3.8) is 0 Å². The molecule has 0 fully saturated rings. The first-order chi connectivity index (χ1) is 15.7. The molecule has 5 aromatic rings. The van der Waals surface area contributed by atoms with Crippen LogP contribution in [0.1, 0.15) is 21.7 Å². The molecule has 0 spiro atoms. The Morgan fingerprint density at radius 1 is 0.938 bits per heavy atom. The average Bonchev–Trinajstić information content (AvgIpc) is 3.43. The number of carbonyl (C=O) groups is 1. The maximum absolute atomic E-state index is 13.2. The fourth-order valence-electron chi connectivity index (χ4n) is 3.53. The normalized spacial score (nSPS) is 11.0. The lowest BCUT2D eigenvalue weighted by atomic mass is 10.1. The Morgan fingerprint density at radius 3 is 2.53 bits per heavy atom. The van der Waals surface area contributed by atoms with Crippen molar-refractivity contribution in [2.75, 3.05) is 0 Å². The van der Waals surface area contributed by atoms with E-state index >= 15 is 0 Å². The minimum atomic E-state index is -0.234. The Hall–Kier alpha value is -3.97. The molecule has 1 amide bonds. The van der Waals surface area contributed by atoms with Crippen molar-refractivity contribution in [2.24, 2.45) is 0 Å². The zero-order valence-corrected chi connectivity index (χ0v) is 17.8. The predicted octanol–water partition coefficient (Wildman–Crippen LogP) is 4.22. The van der Waals surface area contributed by atoms with Crippen LogP contribution < -0.4 is 5.32 Å². The largest absolute Gasteiger partial charge is 0.345 e. The third-order valence-electron chi connectivity index (χ3n) is 5.10. The van der Waals surface area contributed by atoms with Crippen molar-refractivity contribution < 1.29 is 4.79 Å². The summed E-state index contributed by atoms with van der Waals surface area (Å²) in [6, 6.07) is 22.9. The molecule has 0 radical (unpaired) electrons. The minimum Gasteiger partial charge on any atom is -0.345 e. The van der Waals surface area contributed by atoms with Gasteiger partial charge in [-0.1, -0.05) is 60.1 Å². The summed E-state index contributed by atoms with van der Waals surface area (Å²) in [4.78, 5) is 13.2. The number of aromatic nitrogens is 5. The highest BCUT2D eigenvalue weighted by Crippen LogP contribution is 2.24. The number of fused-ring (bicyclic) bond motifs is 1. The molecule has 0 aliphatic carbocycles. The van der Waals surface area contributed by atoms with E-state index in [-0.39, 0.29) is 12.5 Å². The summed E-state index contributed by atoms with van der Waals surface area (Å²) in [6.45, 7) is 0.803. The molecule has 3 heterocycles. The van der Waals surface area contributed by atoms with Crippen molar-refractivity contribution in [3.8, 4) is 11.3 Å². The fraction of sp³-hybridized carbons (Fsp3) is 0.0833. The van der Waals surface area contributed by atoms with Gasteiger partial charge in [0.2, 0.25) is 0 Å². The molecule has 3 aromatic heterocycles. The molecule has 0 atom stereocenters. The molecule has 0 saturated carbocycles. The molecule has 0 bridgehead atoms. The van der Waals surface area contributed by atoms with Gasteiger partial charge in [0.1, 0.15) is 5.69 Å². The lowest BCUT2D eigenvalue weighted by Crippen LogP contribution is -2.24. The van der Waals surface area contributed by atoms with Crippen LogP contribution in [0, 0.1) is 0 Å². The summed E-state index contributed by atoms with van der Waals surface area (Å²) in [5.74, 6) is 0.417. The van der Waals surface area contributed by atoms with E-state index in [1.807, 2.05) is 71.3 Å². The maximum Gasteiger partial charge on any atom is 0.255 e. The number of halogens is 1. The van der Waals surface area contributed by atoms with Gasteiger partial charge in [-0.05, 0) is 29.8 Å². The zero-order valence-electron chi connectivity index (χ0n) is 17.0. The van der Waals surface area contributed by atoms with Gasteiger partial charge in [-0.3, -0.25) is 13.9 Å². The summed E-state index contributed by atoms with van der Waals surface area (Å²) in [6.07, 6.45) is 3.64. The number of amides is 1. The number of rotatable bonds is 6. The van der Waals surface area contributed by atoms with E-state index in [0.717, 1.165) is 16.8 Å². The quantitative estimate of drug-likeness (QED) is 0.427. The van der Waals surface area contributed by atoms with Gasteiger partial charge in [0.15, 0.2) is 11.5 Å². The van der Waals surface area contributed by atoms with Crippen LogP contribution in [-0.2, 0) is 13.1 Å². The van der Waals surface area contributed by atoms with E-state index in [0.29, 0.717) is 28.6 Å². The minimum absolute atomic E-state index is 0.234. The van der Waals surface area contributed by atoms with Crippen molar-refractivity contribution in [1.29, 1.82) is 0 Å². The smallest absolute Gasteiger partial charge is 0.255 e. The molecule has 8 heteroatoms. The van der Waals surface area contributed by atoms with Crippen molar-refractivity contribution in [3.05, 3.63) is 107 Å². The van der Waals surface area contributed by atoms with Crippen LogP contribution >= 0.6 is 11.6 Å². The summed E-state index contributed by atoms with van der Waals surface area (Å²) in [5, 5.41) is 16.6. The molecule has 1 N–H and O–H groups in total. The van der Waals surface area contributed by atoms with Gasteiger partial charge in [0, 0.05) is 23.0 Å². The lowest BCUT2D eigenvalue weighted by Gasteiger charge is -2.05. The topological polar surface area (TPSA) is 77.1 Å². The first-order valence-corrected chi connectivity index (χ1v) is 10.5. The third kappa shape index (κ3) is 4.10. The van der Waals surface area contributed by atoms with Gasteiger partial charge in [-0.2, -0.15) is 5.10 Å². The molecule has 5 rings (SSSR count). The van der Waals surface area contributed by atoms with Crippen LogP contribution in [0.15, 0.2) is 85.2 Å². The van der Waals surface area contributed by atoms with Gasteiger partial charge in [-0.15, -0.1) is 10.2 Å². The second-order valence-electron chi connectivity index (χ2n) is 7.31. The van der Waals surface area contributed by atoms with Crippen molar-refractivity contribution >= 4 is 23.2 Å². The molecule has 0 aliphatic heterocycles. The molecule has 7 nitrogen and oxygen atoms in total. The van der Waals surface area contributed by atoms with E-state index in [1.54, 1.807) is 23.0 Å². The number of nitrogens with zero attached hydrogens (tertiary/aromatic N) is 5. The lowest BCUT2D eigenvalue weighted by molar-refractivity contribution is 0.0950. The number of hydrogen-bond donors (Lipinski definition) is 1. The number of hydrogen-bond acceptors (Lipinski definition) is 4. The molecule has 2 aromatic carbocycles. The SMILES string of the molecule is O=C(NCc1nnc2ccccn12)c1cn(Cc2ccccc2)nc1-c1ccc(Cl)cc1. The highest BCUT2D eigenvalue weighted by Gasteiger charge is 2.19. The van der Waals surface area contributed by atoms with E-state index in [4.69, 9.17) is 16.7 Å². The van der Waals surface area contributed by atoms with Crippen LogP contribution in [-0.4, -0.2) is 30.3 Å². The van der Waals surface area contributed by atoms with E-state index in [2.05, 4.69) is 15.5 Å². The molecule has 0 aliphatic rings. The van der Waals surface area contributed by atoms with Crippen LogP contribution in [0.25, 0.3) is 16.9 Å². The van der Waals surface area contributed by atoms with Gasteiger partial charge in [0.05, 0.1) is 18.7 Å². The van der Waals surface area contributed by atoms with Crippen molar-refractivity contribution in [2.45, 2.75) is 13.1 Å². The maximum atomic E-state index is 13.2. The fourth-order valence-corrected chi connectivity index (χ4v) is 3.65. The van der Waals surface area contributed by atoms with Crippen LogP contribution in [0.4, 0.5) is 0 Å².